The molecule has 0 spiro atoms. The van der Waals surface area contributed by atoms with Crippen LogP contribution in [-0.2, 0) is 4.79 Å². The molecule has 4 heteroatoms. The maximum absolute atomic E-state index is 13.0. The van der Waals surface area contributed by atoms with Gasteiger partial charge in [-0.3, -0.25) is 10.1 Å². The first kappa shape index (κ1) is 18.3. The van der Waals surface area contributed by atoms with E-state index in [0.29, 0.717) is 5.92 Å². The maximum atomic E-state index is 13.0. The molecule has 0 bridgehead atoms. The lowest BCUT2D eigenvalue weighted by Gasteiger charge is -2.32. The molecule has 1 saturated carbocycles. The summed E-state index contributed by atoms with van der Waals surface area (Å²) in [5, 5.41) is 6.69. The smallest absolute Gasteiger partial charge is 0.229 e. The van der Waals surface area contributed by atoms with Crippen LogP contribution >= 0.6 is 12.4 Å². The van der Waals surface area contributed by atoms with Crippen molar-refractivity contribution in [3.05, 3.63) is 35.9 Å². The van der Waals surface area contributed by atoms with Gasteiger partial charge in [0.15, 0.2) is 0 Å². The molecule has 2 N–H and O–H groups in total. The van der Waals surface area contributed by atoms with Crippen LogP contribution in [0, 0.1) is 5.92 Å². The molecule has 0 aromatic heterocycles. The fraction of sp³-hybridized carbons (Fsp3) is 0.632. The Labute approximate surface area is 146 Å². The largest absolute Gasteiger partial charge is 0.340 e. The Balaban J connectivity index is 0.00000192. The number of amides is 1. The second-order valence-electron chi connectivity index (χ2n) is 6.80. The molecule has 1 heterocycles. The number of carbonyl (C=O) groups is 1. The van der Waals surface area contributed by atoms with E-state index in [1.165, 1.54) is 50.5 Å². The molecule has 1 amide bonds. The van der Waals surface area contributed by atoms with Crippen molar-refractivity contribution in [1.82, 2.24) is 10.6 Å². The van der Waals surface area contributed by atoms with E-state index < -0.39 is 0 Å². The van der Waals surface area contributed by atoms with Crippen LogP contribution in [0.5, 0.6) is 0 Å². The number of hydrogen-bond acceptors (Lipinski definition) is 2. The molecule has 2 aliphatic rings. The second-order valence-corrected chi connectivity index (χ2v) is 6.80. The van der Waals surface area contributed by atoms with Gasteiger partial charge >= 0.3 is 0 Å². The highest BCUT2D eigenvalue weighted by Crippen LogP contribution is 2.36. The van der Waals surface area contributed by atoms with Crippen LogP contribution in [0.3, 0.4) is 0 Å². The fourth-order valence-corrected chi connectivity index (χ4v) is 4.00. The third-order valence-electron chi connectivity index (χ3n) is 5.19. The van der Waals surface area contributed by atoms with E-state index in [1.54, 1.807) is 0 Å². The van der Waals surface area contributed by atoms with E-state index in [4.69, 9.17) is 0 Å². The summed E-state index contributed by atoms with van der Waals surface area (Å²) in [5.41, 5.74) is 1.18. The number of rotatable bonds is 4. The van der Waals surface area contributed by atoms with Gasteiger partial charge in [0.05, 0.1) is 12.1 Å². The van der Waals surface area contributed by atoms with Crippen molar-refractivity contribution in [2.75, 3.05) is 6.54 Å². The standard InChI is InChI=1S/C19H28N2O.ClH/c22-19(21-17-13-7-8-14-20-17)18(15-9-3-1-4-10-15)16-11-5-2-6-12-16;/h1,3-4,9-10,16-18,20H,2,5-8,11-14H2,(H,21,22);1H. The lowest BCUT2D eigenvalue weighted by molar-refractivity contribution is -0.125. The minimum absolute atomic E-state index is 0. The number of carbonyl (C=O) groups excluding carboxylic acids is 1. The van der Waals surface area contributed by atoms with Crippen molar-refractivity contribution in [1.29, 1.82) is 0 Å². The first-order chi connectivity index (χ1) is 10.8. The Morgan fingerprint density at radius 3 is 2.35 bits per heavy atom. The van der Waals surface area contributed by atoms with Crippen molar-refractivity contribution < 1.29 is 4.79 Å². The Kier molecular flexibility index (Phi) is 7.38. The monoisotopic (exact) mass is 336 g/mol. The quantitative estimate of drug-likeness (QED) is 0.873. The maximum Gasteiger partial charge on any atom is 0.229 e. The van der Waals surface area contributed by atoms with Crippen molar-refractivity contribution in [2.24, 2.45) is 5.92 Å². The average molecular weight is 337 g/mol. The number of halogens is 1. The minimum atomic E-state index is 0. The highest BCUT2D eigenvalue weighted by atomic mass is 35.5. The summed E-state index contributed by atoms with van der Waals surface area (Å²) in [6, 6.07) is 10.4. The zero-order valence-corrected chi connectivity index (χ0v) is 14.6. The van der Waals surface area contributed by atoms with Gasteiger partial charge < -0.3 is 5.32 Å². The molecule has 1 aliphatic carbocycles. The molecule has 2 unspecified atom stereocenters. The van der Waals surface area contributed by atoms with Crippen LogP contribution in [0.15, 0.2) is 30.3 Å². The summed E-state index contributed by atoms with van der Waals surface area (Å²) >= 11 is 0. The van der Waals surface area contributed by atoms with Crippen molar-refractivity contribution in [3.8, 4) is 0 Å². The first-order valence-electron chi connectivity index (χ1n) is 8.93. The summed E-state index contributed by atoms with van der Waals surface area (Å²) in [6.45, 7) is 1.02. The second kappa shape index (κ2) is 9.29. The Morgan fingerprint density at radius 1 is 1.00 bits per heavy atom. The molecule has 3 nitrogen and oxygen atoms in total. The van der Waals surface area contributed by atoms with E-state index in [0.717, 1.165) is 13.0 Å². The van der Waals surface area contributed by atoms with Gasteiger partial charge in [-0.05, 0) is 50.1 Å². The zero-order chi connectivity index (χ0) is 15.2. The molecule has 3 rings (SSSR count). The van der Waals surface area contributed by atoms with E-state index >= 15 is 0 Å². The molecule has 23 heavy (non-hydrogen) atoms. The molecule has 128 valence electrons. The van der Waals surface area contributed by atoms with E-state index in [9.17, 15) is 4.79 Å². The van der Waals surface area contributed by atoms with Crippen LogP contribution < -0.4 is 10.6 Å². The average Bonchev–Trinajstić information content (AvgIpc) is 2.58. The van der Waals surface area contributed by atoms with E-state index in [2.05, 4.69) is 34.9 Å². The van der Waals surface area contributed by atoms with Crippen molar-refractivity contribution >= 4 is 18.3 Å². The number of benzene rings is 1. The van der Waals surface area contributed by atoms with Crippen molar-refractivity contribution in [3.63, 3.8) is 0 Å². The lowest BCUT2D eigenvalue weighted by Crippen LogP contribution is -2.50. The molecule has 0 radical (unpaired) electrons. The summed E-state index contributed by atoms with van der Waals surface area (Å²) in [7, 11) is 0. The van der Waals surface area contributed by atoms with Crippen LogP contribution in [0.2, 0.25) is 0 Å². The van der Waals surface area contributed by atoms with Crippen LogP contribution in [0.1, 0.15) is 62.8 Å². The van der Waals surface area contributed by atoms with Gasteiger partial charge in [0.25, 0.3) is 0 Å². The topological polar surface area (TPSA) is 41.1 Å². The molecule has 1 saturated heterocycles. The summed E-state index contributed by atoms with van der Waals surface area (Å²) in [5.74, 6) is 0.738. The Bertz CT molecular complexity index is 468. The third kappa shape index (κ3) is 4.95. The van der Waals surface area contributed by atoms with E-state index in [-0.39, 0.29) is 30.4 Å². The van der Waals surface area contributed by atoms with Gasteiger partial charge in [-0.1, -0.05) is 49.6 Å². The Hall–Kier alpha value is -1.06. The summed E-state index contributed by atoms with van der Waals surface area (Å²) < 4.78 is 0. The highest BCUT2D eigenvalue weighted by molar-refractivity contribution is 5.85. The SMILES string of the molecule is Cl.O=C(NC1CCCCN1)C(c1ccccc1)C1CCCCC1. The molecule has 2 fully saturated rings. The van der Waals surface area contributed by atoms with Crippen LogP contribution in [0.4, 0.5) is 0 Å². The van der Waals surface area contributed by atoms with Crippen molar-refractivity contribution in [2.45, 2.75) is 63.5 Å². The minimum Gasteiger partial charge on any atom is -0.340 e. The number of hydrogen-bond donors (Lipinski definition) is 2. The van der Waals surface area contributed by atoms with Gasteiger partial charge in [0.1, 0.15) is 0 Å². The third-order valence-corrected chi connectivity index (χ3v) is 5.19. The van der Waals surface area contributed by atoms with Gasteiger partial charge in [0, 0.05) is 0 Å². The highest BCUT2D eigenvalue weighted by Gasteiger charge is 2.32. The van der Waals surface area contributed by atoms with Gasteiger partial charge in [0.2, 0.25) is 5.91 Å². The lowest BCUT2D eigenvalue weighted by atomic mass is 9.76. The number of nitrogens with one attached hydrogen (secondary N) is 2. The van der Waals surface area contributed by atoms with Crippen LogP contribution in [-0.4, -0.2) is 18.6 Å². The first-order valence-corrected chi connectivity index (χ1v) is 8.93. The Morgan fingerprint density at radius 2 is 1.70 bits per heavy atom. The molecule has 1 aliphatic heterocycles. The normalized spacial score (nSPS) is 23.6. The molecular weight excluding hydrogens is 308 g/mol. The van der Waals surface area contributed by atoms with Gasteiger partial charge in [-0.25, -0.2) is 0 Å². The van der Waals surface area contributed by atoms with Gasteiger partial charge in [-0.2, -0.15) is 0 Å². The zero-order valence-electron chi connectivity index (χ0n) is 13.8. The van der Waals surface area contributed by atoms with Crippen LogP contribution in [0.25, 0.3) is 0 Å². The molecule has 1 aromatic rings. The predicted octanol–water partition coefficient (Wildman–Crippen LogP) is 3.99. The number of piperidine rings is 1. The molecular formula is C19H29ClN2O. The van der Waals surface area contributed by atoms with E-state index in [1.807, 2.05) is 6.07 Å². The summed E-state index contributed by atoms with van der Waals surface area (Å²) in [4.78, 5) is 13.0. The molecule has 1 aromatic carbocycles. The molecule has 2 atom stereocenters. The fourth-order valence-electron chi connectivity index (χ4n) is 4.00. The predicted molar refractivity (Wildman–Crippen MR) is 96.8 cm³/mol. The summed E-state index contributed by atoms with van der Waals surface area (Å²) in [6.07, 6.45) is 9.87. The van der Waals surface area contributed by atoms with Gasteiger partial charge in [-0.15, -0.1) is 12.4 Å².